The summed E-state index contributed by atoms with van der Waals surface area (Å²) in [6, 6.07) is 11.2. The Balaban J connectivity index is 2.00. The van der Waals surface area contributed by atoms with E-state index in [2.05, 4.69) is 36.1 Å². The van der Waals surface area contributed by atoms with Crippen LogP contribution in [0.5, 0.6) is 0 Å². The topological polar surface area (TPSA) is 29.5 Å². The molecule has 104 valence electrons. The van der Waals surface area contributed by atoms with Crippen LogP contribution in [0.15, 0.2) is 30.3 Å². The summed E-state index contributed by atoms with van der Waals surface area (Å²) in [6.45, 7) is 5.62. The molecule has 1 heterocycles. The fourth-order valence-electron chi connectivity index (χ4n) is 2.92. The van der Waals surface area contributed by atoms with E-state index in [4.69, 9.17) is 4.74 Å². The van der Waals surface area contributed by atoms with Gasteiger partial charge in [-0.3, -0.25) is 9.69 Å². The van der Waals surface area contributed by atoms with E-state index in [1.165, 1.54) is 12.0 Å². The molecule has 1 saturated heterocycles. The molecule has 1 aromatic rings. The molecule has 3 nitrogen and oxygen atoms in total. The van der Waals surface area contributed by atoms with Crippen molar-refractivity contribution in [1.29, 1.82) is 0 Å². The van der Waals surface area contributed by atoms with Crippen LogP contribution in [0.3, 0.4) is 0 Å². The first-order valence-corrected chi connectivity index (χ1v) is 7.18. The molecule has 2 atom stereocenters. The normalized spacial score (nSPS) is 21.3. The van der Waals surface area contributed by atoms with Crippen molar-refractivity contribution in [3.05, 3.63) is 35.9 Å². The molecule has 0 aromatic heterocycles. The van der Waals surface area contributed by atoms with E-state index >= 15 is 0 Å². The minimum absolute atomic E-state index is 0.0698. The van der Waals surface area contributed by atoms with Gasteiger partial charge in [-0.2, -0.15) is 0 Å². The molecule has 3 heteroatoms. The number of benzene rings is 1. The van der Waals surface area contributed by atoms with E-state index in [9.17, 15) is 4.79 Å². The number of hydrogen-bond acceptors (Lipinski definition) is 3. The third kappa shape index (κ3) is 3.57. The Hall–Kier alpha value is -1.35. The number of nitrogens with zero attached hydrogens (tertiary/aromatic N) is 1. The summed E-state index contributed by atoms with van der Waals surface area (Å²) in [5.41, 5.74) is 1.32. The number of rotatable bonds is 5. The third-order valence-corrected chi connectivity index (χ3v) is 3.91. The lowest BCUT2D eigenvalue weighted by Gasteiger charge is -2.30. The van der Waals surface area contributed by atoms with Crippen LogP contribution in [-0.2, 0) is 9.53 Å². The number of esters is 1. The van der Waals surface area contributed by atoms with E-state index in [0.29, 0.717) is 25.1 Å². The van der Waals surface area contributed by atoms with Gasteiger partial charge in [0.25, 0.3) is 0 Å². The number of carbonyl (C=O) groups is 1. The highest BCUT2D eigenvalue weighted by atomic mass is 16.5. The summed E-state index contributed by atoms with van der Waals surface area (Å²) < 4.78 is 5.07. The molecule has 2 rings (SSSR count). The van der Waals surface area contributed by atoms with Gasteiger partial charge in [0, 0.05) is 12.1 Å². The quantitative estimate of drug-likeness (QED) is 0.762. The molecule has 0 unspecified atom stereocenters. The van der Waals surface area contributed by atoms with Gasteiger partial charge in [0.05, 0.1) is 13.0 Å². The molecule has 0 amide bonds. The van der Waals surface area contributed by atoms with Crippen molar-refractivity contribution in [3.63, 3.8) is 0 Å². The van der Waals surface area contributed by atoms with Crippen molar-refractivity contribution in [2.75, 3.05) is 13.2 Å². The predicted octanol–water partition coefficient (Wildman–Crippen LogP) is 3.17. The Bertz CT molecular complexity index is 404. The molecular weight excluding hydrogens is 238 g/mol. The maximum Gasteiger partial charge on any atom is 0.307 e. The smallest absolute Gasteiger partial charge is 0.307 e. The molecular formula is C16H23NO2. The second-order valence-corrected chi connectivity index (χ2v) is 5.13. The van der Waals surface area contributed by atoms with Crippen molar-refractivity contribution in [3.8, 4) is 0 Å². The monoisotopic (exact) mass is 261 g/mol. The Labute approximate surface area is 115 Å². The van der Waals surface area contributed by atoms with Crippen LogP contribution in [0.25, 0.3) is 0 Å². The first kappa shape index (κ1) is 14.1. The molecule has 0 radical (unpaired) electrons. The molecule has 0 N–H and O–H groups in total. The molecule has 1 aliphatic heterocycles. The molecule has 0 aliphatic carbocycles. The van der Waals surface area contributed by atoms with E-state index in [-0.39, 0.29) is 5.97 Å². The Morgan fingerprint density at radius 3 is 2.84 bits per heavy atom. The molecule has 1 aliphatic rings. The van der Waals surface area contributed by atoms with Crippen LogP contribution in [-0.4, -0.2) is 30.1 Å². The van der Waals surface area contributed by atoms with Crippen molar-refractivity contribution >= 4 is 5.97 Å². The van der Waals surface area contributed by atoms with Crippen LogP contribution in [0.4, 0.5) is 0 Å². The number of likely N-dealkylation sites (tertiary alicyclic amines) is 1. The van der Waals surface area contributed by atoms with Gasteiger partial charge in [0.15, 0.2) is 0 Å². The second kappa shape index (κ2) is 6.71. The molecule has 1 fully saturated rings. The summed E-state index contributed by atoms with van der Waals surface area (Å²) in [4.78, 5) is 14.1. The lowest BCUT2D eigenvalue weighted by molar-refractivity contribution is -0.144. The molecule has 1 aromatic carbocycles. The third-order valence-electron chi connectivity index (χ3n) is 3.91. The van der Waals surface area contributed by atoms with Crippen molar-refractivity contribution < 1.29 is 9.53 Å². The highest BCUT2D eigenvalue weighted by Gasteiger charge is 2.30. The van der Waals surface area contributed by atoms with Crippen LogP contribution >= 0.6 is 0 Å². The maximum atomic E-state index is 11.7. The van der Waals surface area contributed by atoms with E-state index in [1.807, 2.05) is 13.0 Å². The van der Waals surface area contributed by atoms with Gasteiger partial charge in [0.1, 0.15) is 0 Å². The average Bonchev–Trinajstić information content (AvgIpc) is 2.87. The van der Waals surface area contributed by atoms with Crippen molar-refractivity contribution in [2.45, 2.75) is 45.2 Å². The predicted molar refractivity (Wildman–Crippen MR) is 75.8 cm³/mol. The van der Waals surface area contributed by atoms with Gasteiger partial charge in [0.2, 0.25) is 0 Å². The van der Waals surface area contributed by atoms with E-state index in [0.717, 1.165) is 13.0 Å². The molecule has 0 spiro atoms. The fraction of sp³-hybridized carbons (Fsp3) is 0.562. The highest BCUT2D eigenvalue weighted by molar-refractivity contribution is 5.70. The van der Waals surface area contributed by atoms with Crippen LogP contribution in [0.2, 0.25) is 0 Å². The number of carbonyl (C=O) groups excluding carboxylic acids is 1. The Kier molecular flexibility index (Phi) is 4.97. The van der Waals surface area contributed by atoms with Gasteiger partial charge in [-0.15, -0.1) is 0 Å². The summed E-state index contributed by atoms with van der Waals surface area (Å²) >= 11 is 0. The lowest BCUT2D eigenvalue weighted by atomic mass is 10.0. The van der Waals surface area contributed by atoms with Crippen LogP contribution in [0, 0.1) is 0 Å². The molecule has 0 saturated carbocycles. The summed E-state index contributed by atoms with van der Waals surface area (Å²) in [5.74, 6) is -0.0698. The summed E-state index contributed by atoms with van der Waals surface area (Å²) in [6.07, 6.45) is 2.78. The Morgan fingerprint density at radius 1 is 1.42 bits per heavy atom. The molecule has 19 heavy (non-hydrogen) atoms. The summed E-state index contributed by atoms with van der Waals surface area (Å²) in [7, 11) is 0. The van der Waals surface area contributed by atoms with Crippen LogP contribution in [0.1, 0.15) is 44.7 Å². The zero-order valence-electron chi connectivity index (χ0n) is 11.8. The largest absolute Gasteiger partial charge is 0.466 e. The van der Waals surface area contributed by atoms with Gasteiger partial charge < -0.3 is 4.74 Å². The van der Waals surface area contributed by atoms with Crippen LogP contribution < -0.4 is 0 Å². The Morgan fingerprint density at radius 2 is 2.16 bits per heavy atom. The first-order valence-electron chi connectivity index (χ1n) is 7.18. The zero-order chi connectivity index (χ0) is 13.7. The average molecular weight is 261 g/mol. The minimum Gasteiger partial charge on any atom is -0.466 e. The minimum atomic E-state index is -0.0698. The lowest BCUT2D eigenvalue weighted by Crippen LogP contribution is -2.34. The van der Waals surface area contributed by atoms with Gasteiger partial charge >= 0.3 is 5.97 Å². The molecule has 0 bridgehead atoms. The van der Waals surface area contributed by atoms with Crippen molar-refractivity contribution in [1.82, 2.24) is 4.90 Å². The zero-order valence-corrected chi connectivity index (χ0v) is 11.8. The van der Waals surface area contributed by atoms with E-state index < -0.39 is 0 Å². The SMILES string of the molecule is CCOC(=O)C[C@@H]1CCCN1[C@@H](C)c1ccccc1. The van der Waals surface area contributed by atoms with Gasteiger partial charge in [-0.25, -0.2) is 0 Å². The number of hydrogen-bond donors (Lipinski definition) is 0. The summed E-state index contributed by atoms with van der Waals surface area (Å²) in [5, 5.41) is 0. The highest BCUT2D eigenvalue weighted by Crippen LogP contribution is 2.30. The second-order valence-electron chi connectivity index (χ2n) is 5.13. The maximum absolute atomic E-state index is 11.7. The standard InChI is InChI=1S/C16H23NO2/c1-3-19-16(18)12-15-10-7-11-17(15)13(2)14-8-5-4-6-9-14/h4-6,8-9,13,15H,3,7,10-12H2,1-2H3/t13-,15-/m0/s1. The first-order chi connectivity index (χ1) is 9.22. The number of ether oxygens (including phenoxy) is 1. The van der Waals surface area contributed by atoms with E-state index in [1.54, 1.807) is 0 Å². The van der Waals surface area contributed by atoms with Crippen molar-refractivity contribution in [2.24, 2.45) is 0 Å². The van der Waals surface area contributed by atoms with Gasteiger partial charge in [-0.1, -0.05) is 30.3 Å². The fourth-order valence-corrected chi connectivity index (χ4v) is 2.92. The van der Waals surface area contributed by atoms with Gasteiger partial charge in [-0.05, 0) is 38.8 Å².